The molecule has 0 unspecified atom stereocenters. The van der Waals surface area contributed by atoms with Crippen LogP contribution in [0.4, 0.5) is 20.2 Å². The first-order valence-corrected chi connectivity index (χ1v) is 9.54. The second-order valence-corrected chi connectivity index (χ2v) is 7.15. The SMILES string of the molecule is CSc1ccc(Nc2c(C(=O)NOCC3CC3)ccc(F)c2F)c(C)c1. The summed E-state index contributed by atoms with van der Waals surface area (Å²) >= 11 is 1.59. The highest BCUT2D eigenvalue weighted by atomic mass is 32.2. The van der Waals surface area contributed by atoms with Crippen molar-refractivity contribution in [3.63, 3.8) is 0 Å². The van der Waals surface area contributed by atoms with Crippen molar-refractivity contribution in [3.05, 3.63) is 53.1 Å². The summed E-state index contributed by atoms with van der Waals surface area (Å²) in [6.45, 7) is 2.28. The lowest BCUT2D eigenvalue weighted by Gasteiger charge is -2.15. The standard InChI is InChI=1S/C19H20F2N2O2S/c1-11-9-13(26-2)5-8-16(11)22-18-14(6-7-15(20)17(18)21)19(24)23-25-10-12-3-4-12/h5-9,12,22H,3-4,10H2,1-2H3,(H,23,24). The van der Waals surface area contributed by atoms with Crippen LogP contribution in [0.15, 0.2) is 35.2 Å². The third-order valence-electron chi connectivity index (χ3n) is 4.21. The lowest BCUT2D eigenvalue weighted by atomic mass is 10.1. The second kappa shape index (κ2) is 8.05. The van der Waals surface area contributed by atoms with Crippen molar-refractivity contribution in [2.24, 2.45) is 5.92 Å². The van der Waals surface area contributed by atoms with E-state index in [1.54, 1.807) is 17.8 Å². The zero-order valence-corrected chi connectivity index (χ0v) is 15.4. The molecule has 2 aromatic carbocycles. The first kappa shape index (κ1) is 18.7. The van der Waals surface area contributed by atoms with E-state index in [4.69, 9.17) is 4.84 Å². The fourth-order valence-electron chi connectivity index (χ4n) is 2.46. The molecule has 0 aromatic heterocycles. The molecule has 138 valence electrons. The highest BCUT2D eigenvalue weighted by Gasteiger charge is 2.23. The largest absolute Gasteiger partial charge is 0.352 e. The van der Waals surface area contributed by atoms with Crippen molar-refractivity contribution >= 4 is 29.0 Å². The van der Waals surface area contributed by atoms with Gasteiger partial charge in [0.2, 0.25) is 0 Å². The Hall–Kier alpha value is -2.12. The van der Waals surface area contributed by atoms with E-state index in [0.29, 0.717) is 18.2 Å². The summed E-state index contributed by atoms with van der Waals surface area (Å²) in [5.74, 6) is -2.28. The van der Waals surface area contributed by atoms with E-state index >= 15 is 0 Å². The van der Waals surface area contributed by atoms with Gasteiger partial charge in [-0.15, -0.1) is 11.8 Å². The summed E-state index contributed by atoms with van der Waals surface area (Å²) in [6, 6.07) is 7.75. The number of amides is 1. The minimum atomic E-state index is -1.10. The molecule has 2 N–H and O–H groups in total. The van der Waals surface area contributed by atoms with Gasteiger partial charge >= 0.3 is 0 Å². The van der Waals surface area contributed by atoms with Gasteiger partial charge in [0.1, 0.15) is 0 Å². The van der Waals surface area contributed by atoms with E-state index in [2.05, 4.69) is 10.8 Å². The summed E-state index contributed by atoms with van der Waals surface area (Å²) < 4.78 is 28.1. The van der Waals surface area contributed by atoms with Gasteiger partial charge in [-0.3, -0.25) is 9.63 Å². The number of hydrogen-bond acceptors (Lipinski definition) is 4. The lowest BCUT2D eigenvalue weighted by Crippen LogP contribution is -2.26. The minimum absolute atomic E-state index is 0.0203. The van der Waals surface area contributed by atoms with Crippen LogP contribution < -0.4 is 10.8 Å². The molecule has 1 amide bonds. The van der Waals surface area contributed by atoms with Crippen LogP contribution in [0.1, 0.15) is 28.8 Å². The number of hydrogen-bond donors (Lipinski definition) is 2. The average molecular weight is 378 g/mol. The maximum absolute atomic E-state index is 14.4. The number of rotatable bonds is 7. The molecule has 1 fully saturated rings. The average Bonchev–Trinajstić information content (AvgIpc) is 3.44. The van der Waals surface area contributed by atoms with Gasteiger partial charge in [0.25, 0.3) is 5.91 Å². The maximum atomic E-state index is 14.4. The van der Waals surface area contributed by atoms with Gasteiger partial charge in [-0.25, -0.2) is 14.3 Å². The van der Waals surface area contributed by atoms with Crippen LogP contribution in [-0.4, -0.2) is 18.8 Å². The predicted octanol–water partition coefficient (Wildman–Crippen LogP) is 4.81. The van der Waals surface area contributed by atoms with Crippen LogP contribution in [0, 0.1) is 24.5 Å². The van der Waals surface area contributed by atoms with E-state index < -0.39 is 17.5 Å². The third kappa shape index (κ3) is 4.34. The van der Waals surface area contributed by atoms with Crippen LogP contribution in [-0.2, 0) is 4.84 Å². The Bertz CT molecular complexity index is 825. The summed E-state index contributed by atoms with van der Waals surface area (Å²) in [7, 11) is 0. The van der Waals surface area contributed by atoms with Gasteiger partial charge in [-0.2, -0.15) is 0 Å². The normalized spacial score (nSPS) is 13.5. The maximum Gasteiger partial charge on any atom is 0.277 e. The number of hydroxylamine groups is 1. The molecule has 1 aliphatic carbocycles. The Morgan fingerprint density at radius 3 is 2.69 bits per heavy atom. The monoisotopic (exact) mass is 378 g/mol. The van der Waals surface area contributed by atoms with Crippen LogP contribution in [0.2, 0.25) is 0 Å². The summed E-state index contributed by atoms with van der Waals surface area (Å²) in [6.07, 6.45) is 4.12. The molecule has 3 rings (SSSR count). The molecular weight excluding hydrogens is 358 g/mol. The van der Waals surface area contributed by atoms with E-state index in [-0.39, 0.29) is 11.3 Å². The second-order valence-electron chi connectivity index (χ2n) is 6.28. The first-order valence-electron chi connectivity index (χ1n) is 8.31. The number of benzene rings is 2. The number of anilines is 2. The molecule has 0 saturated heterocycles. The Kier molecular flexibility index (Phi) is 5.78. The lowest BCUT2D eigenvalue weighted by molar-refractivity contribution is 0.0270. The van der Waals surface area contributed by atoms with E-state index in [1.807, 2.05) is 25.3 Å². The zero-order valence-electron chi connectivity index (χ0n) is 14.6. The number of thioether (sulfide) groups is 1. The Balaban J connectivity index is 1.84. The Labute approximate surface area is 155 Å². The van der Waals surface area contributed by atoms with Gasteiger partial charge in [0.05, 0.1) is 17.9 Å². The molecule has 0 heterocycles. The number of carbonyl (C=O) groups is 1. The van der Waals surface area contributed by atoms with Crippen molar-refractivity contribution in [3.8, 4) is 0 Å². The van der Waals surface area contributed by atoms with Crippen molar-refractivity contribution in [2.75, 3.05) is 18.2 Å². The van der Waals surface area contributed by atoms with Gasteiger partial charge in [0.15, 0.2) is 11.6 Å². The highest BCUT2D eigenvalue weighted by molar-refractivity contribution is 7.98. The van der Waals surface area contributed by atoms with Crippen LogP contribution in [0.3, 0.4) is 0 Å². The van der Waals surface area contributed by atoms with E-state index in [1.165, 1.54) is 6.07 Å². The van der Waals surface area contributed by atoms with Crippen LogP contribution >= 0.6 is 11.8 Å². The number of nitrogens with one attached hydrogen (secondary N) is 2. The molecule has 1 saturated carbocycles. The molecule has 0 atom stereocenters. The van der Waals surface area contributed by atoms with Crippen molar-refractivity contribution < 1.29 is 18.4 Å². The summed E-state index contributed by atoms with van der Waals surface area (Å²) in [5, 5.41) is 2.85. The molecule has 1 aliphatic rings. The van der Waals surface area contributed by atoms with Crippen molar-refractivity contribution in [1.82, 2.24) is 5.48 Å². The molecule has 0 spiro atoms. The molecule has 0 aliphatic heterocycles. The predicted molar refractivity (Wildman–Crippen MR) is 98.7 cm³/mol. The Morgan fingerprint density at radius 2 is 2.04 bits per heavy atom. The van der Waals surface area contributed by atoms with Gasteiger partial charge in [-0.1, -0.05) is 0 Å². The first-order chi connectivity index (χ1) is 12.5. The van der Waals surface area contributed by atoms with Gasteiger partial charge in [-0.05, 0) is 67.8 Å². The van der Waals surface area contributed by atoms with E-state index in [0.717, 1.165) is 29.4 Å². The Morgan fingerprint density at radius 1 is 1.27 bits per heavy atom. The fourth-order valence-corrected chi connectivity index (χ4v) is 2.96. The molecule has 7 heteroatoms. The molecule has 4 nitrogen and oxygen atoms in total. The van der Waals surface area contributed by atoms with Gasteiger partial charge < -0.3 is 5.32 Å². The molecule has 2 aromatic rings. The van der Waals surface area contributed by atoms with Gasteiger partial charge in [0, 0.05) is 10.6 Å². The highest BCUT2D eigenvalue weighted by Crippen LogP contribution is 2.30. The quantitative estimate of drug-likeness (QED) is 0.536. The zero-order chi connectivity index (χ0) is 18.7. The topological polar surface area (TPSA) is 50.4 Å². The molecule has 0 radical (unpaired) electrons. The smallest absolute Gasteiger partial charge is 0.277 e. The van der Waals surface area contributed by atoms with E-state index in [9.17, 15) is 13.6 Å². The van der Waals surface area contributed by atoms with Crippen LogP contribution in [0.5, 0.6) is 0 Å². The summed E-state index contributed by atoms with van der Waals surface area (Å²) in [5.41, 5.74) is 3.53. The fraction of sp³-hybridized carbons (Fsp3) is 0.316. The number of carbonyl (C=O) groups excluding carboxylic acids is 1. The molecule has 0 bridgehead atoms. The third-order valence-corrected chi connectivity index (χ3v) is 4.94. The van der Waals surface area contributed by atoms with Crippen LogP contribution in [0.25, 0.3) is 0 Å². The minimum Gasteiger partial charge on any atom is -0.352 e. The van der Waals surface area contributed by atoms with Crippen molar-refractivity contribution in [1.29, 1.82) is 0 Å². The number of halogens is 2. The molecular formula is C19H20F2N2O2S. The number of aryl methyl sites for hydroxylation is 1. The van der Waals surface area contributed by atoms with Crippen molar-refractivity contribution in [2.45, 2.75) is 24.7 Å². The summed E-state index contributed by atoms with van der Waals surface area (Å²) in [4.78, 5) is 18.5. The molecule has 26 heavy (non-hydrogen) atoms.